The molecule has 0 aromatic carbocycles. The van der Waals surface area contributed by atoms with Gasteiger partial charge in [-0.2, -0.15) is 0 Å². The normalized spacial score (nSPS) is 21.5. The van der Waals surface area contributed by atoms with Gasteiger partial charge in [-0.3, -0.25) is 4.79 Å². The Labute approximate surface area is 99.2 Å². The molecule has 0 bridgehead atoms. The van der Waals surface area contributed by atoms with Crippen LogP contribution in [0.25, 0.3) is 0 Å². The Morgan fingerprint density at radius 2 is 2.59 bits per heavy atom. The summed E-state index contributed by atoms with van der Waals surface area (Å²) < 4.78 is 0. The lowest BCUT2D eigenvalue weighted by atomic mass is 10.1. The van der Waals surface area contributed by atoms with Crippen molar-refractivity contribution in [2.24, 2.45) is 5.73 Å². The van der Waals surface area contributed by atoms with Gasteiger partial charge >= 0.3 is 0 Å². The summed E-state index contributed by atoms with van der Waals surface area (Å²) in [5.74, 6) is -0.158. The van der Waals surface area contributed by atoms with Crippen LogP contribution in [0.1, 0.15) is 18.5 Å². The van der Waals surface area contributed by atoms with Gasteiger partial charge in [0.2, 0.25) is 5.91 Å². The summed E-state index contributed by atoms with van der Waals surface area (Å²) in [6.07, 6.45) is 6.05. The lowest BCUT2D eigenvalue weighted by molar-refractivity contribution is -0.135. The van der Waals surface area contributed by atoms with Gasteiger partial charge in [0.25, 0.3) is 0 Å². The molecule has 92 valence electrons. The molecule has 2 rings (SSSR count). The van der Waals surface area contributed by atoms with E-state index in [1.165, 1.54) is 0 Å². The van der Waals surface area contributed by atoms with Crippen molar-refractivity contribution in [2.45, 2.75) is 31.3 Å². The molecule has 6 nitrogen and oxygen atoms in total. The third-order valence-electron chi connectivity index (χ3n) is 3.05. The van der Waals surface area contributed by atoms with E-state index in [0.29, 0.717) is 13.0 Å². The minimum Gasteiger partial charge on any atom is -0.348 e. The molecule has 1 aromatic heterocycles. The summed E-state index contributed by atoms with van der Waals surface area (Å²) in [4.78, 5) is 31.2. The Bertz CT molecular complexity index is 390. The van der Waals surface area contributed by atoms with Crippen molar-refractivity contribution in [3.8, 4) is 0 Å². The van der Waals surface area contributed by atoms with Crippen molar-refractivity contribution in [2.75, 3.05) is 6.54 Å². The highest BCUT2D eigenvalue weighted by Crippen LogP contribution is 2.16. The second kappa shape index (κ2) is 5.09. The van der Waals surface area contributed by atoms with Gasteiger partial charge in [-0.25, -0.2) is 4.98 Å². The first-order valence-electron chi connectivity index (χ1n) is 5.71. The number of aromatic amines is 1. The number of hydrogen-bond acceptors (Lipinski definition) is 4. The maximum atomic E-state index is 12.0. The Morgan fingerprint density at radius 3 is 3.24 bits per heavy atom. The third-order valence-corrected chi connectivity index (χ3v) is 3.05. The van der Waals surface area contributed by atoms with Crippen LogP contribution >= 0.6 is 0 Å². The van der Waals surface area contributed by atoms with Gasteiger partial charge in [-0.1, -0.05) is 0 Å². The first kappa shape index (κ1) is 11.8. The van der Waals surface area contributed by atoms with Crippen LogP contribution in [0.4, 0.5) is 0 Å². The van der Waals surface area contributed by atoms with Crippen LogP contribution in [-0.2, 0) is 16.0 Å². The number of nitrogens with zero attached hydrogens (tertiary/aromatic N) is 2. The van der Waals surface area contributed by atoms with Gasteiger partial charge in [-0.05, 0) is 12.8 Å². The quantitative estimate of drug-likeness (QED) is 0.687. The lowest BCUT2D eigenvalue weighted by Gasteiger charge is -2.23. The number of likely N-dealkylation sites (tertiary alicyclic amines) is 1. The summed E-state index contributed by atoms with van der Waals surface area (Å²) in [6, 6.07) is -0.911. The molecule has 17 heavy (non-hydrogen) atoms. The molecule has 0 aliphatic carbocycles. The van der Waals surface area contributed by atoms with E-state index in [2.05, 4.69) is 9.97 Å². The number of aromatic nitrogens is 2. The van der Waals surface area contributed by atoms with Gasteiger partial charge < -0.3 is 20.4 Å². The zero-order chi connectivity index (χ0) is 12.3. The molecule has 1 aliphatic heterocycles. The van der Waals surface area contributed by atoms with Crippen molar-refractivity contribution < 1.29 is 9.59 Å². The number of H-pyrrole nitrogens is 1. The van der Waals surface area contributed by atoms with Gasteiger partial charge in [0, 0.05) is 24.9 Å². The molecule has 0 radical (unpaired) electrons. The SMILES string of the molecule is N[C@@H](Cc1cnc[nH]1)C(=O)N1CCC[C@H]1C=O. The van der Waals surface area contributed by atoms with Crippen LogP contribution in [0.2, 0.25) is 0 Å². The number of nitrogens with one attached hydrogen (secondary N) is 1. The molecule has 2 heterocycles. The number of imidazole rings is 1. The Morgan fingerprint density at radius 1 is 1.76 bits per heavy atom. The highest BCUT2D eigenvalue weighted by atomic mass is 16.2. The number of nitrogens with two attached hydrogens (primary N) is 1. The maximum absolute atomic E-state index is 12.0. The van der Waals surface area contributed by atoms with Crippen LogP contribution in [0.5, 0.6) is 0 Å². The topological polar surface area (TPSA) is 92.1 Å². The van der Waals surface area contributed by atoms with Crippen molar-refractivity contribution in [3.63, 3.8) is 0 Å². The highest BCUT2D eigenvalue weighted by molar-refractivity contribution is 5.85. The predicted octanol–water partition coefficient (Wildman–Crippen LogP) is -0.531. The molecule has 0 saturated carbocycles. The van der Waals surface area contributed by atoms with Crippen LogP contribution in [0, 0.1) is 0 Å². The molecular weight excluding hydrogens is 220 g/mol. The molecule has 2 atom stereocenters. The van der Waals surface area contributed by atoms with Crippen LogP contribution in [-0.4, -0.2) is 45.7 Å². The highest BCUT2D eigenvalue weighted by Gasteiger charge is 2.31. The van der Waals surface area contributed by atoms with E-state index in [0.717, 1.165) is 24.8 Å². The first-order chi connectivity index (χ1) is 8.22. The summed E-state index contributed by atoms with van der Waals surface area (Å²) >= 11 is 0. The molecule has 1 amide bonds. The molecule has 3 N–H and O–H groups in total. The fourth-order valence-corrected chi connectivity index (χ4v) is 2.14. The molecule has 1 saturated heterocycles. The number of rotatable bonds is 4. The molecule has 6 heteroatoms. The zero-order valence-corrected chi connectivity index (χ0v) is 9.50. The van der Waals surface area contributed by atoms with E-state index < -0.39 is 6.04 Å². The van der Waals surface area contributed by atoms with Gasteiger partial charge in [-0.15, -0.1) is 0 Å². The third kappa shape index (κ3) is 2.52. The second-order valence-electron chi connectivity index (χ2n) is 4.26. The van der Waals surface area contributed by atoms with E-state index >= 15 is 0 Å². The number of amides is 1. The minimum atomic E-state index is -0.615. The minimum absolute atomic E-state index is 0.158. The van der Waals surface area contributed by atoms with E-state index in [4.69, 9.17) is 5.73 Å². The van der Waals surface area contributed by atoms with Crippen LogP contribution < -0.4 is 5.73 Å². The fraction of sp³-hybridized carbons (Fsp3) is 0.545. The Hall–Kier alpha value is -1.69. The second-order valence-corrected chi connectivity index (χ2v) is 4.26. The molecule has 0 spiro atoms. The number of hydrogen-bond donors (Lipinski definition) is 2. The van der Waals surface area contributed by atoms with E-state index in [1.807, 2.05) is 0 Å². The summed E-state index contributed by atoms with van der Waals surface area (Å²) in [5.41, 5.74) is 6.68. The summed E-state index contributed by atoms with van der Waals surface area (Å²) in [5, 5.41) is 0. The monoisotopic (exact) mass is 236 g/mol. The van der Waals surface area contributed by atoms with Crippen LogP contribution in [0.15, 0.2) is 12.5 Å². The molecule has 1 fully saturated rings. The zero-order valence-electron chi connectivity index (χ0n) is 9.50. The average Bonchev–Trinajstić information content (AvgIpc) is 2.97. The summed E-state index contributed by atoms with van der Waals surface area (Å²) in [7, 11) is 0. The van der Waals surface area contributed by atoms with Crippen molar-refractivity contribution >= 4 is 12.2 Å². The molecule has 1 aromatic rings. The van der Waals surface area contributed by atoms with Gasteiger partial charge in [0.1, 0.15) is 6.29 Å². The Balaban J connectivity index is 1.97. The Kier molecular flexibility index (Phi) is 3.53. The van der Waals surface area contributed by atoms with E-state index in [-0.39, 0.29) is 11.9 Å². The van der Waals surface area contributed by atoms with Gasteiger partial charge in [0.05, 0.1) is 18.4 Å². The number of carbonyl (C=O) groups excluding carboxylic acids is 2. The first-order valence-corrected chi connectivity index (χ1v) is 5.71. The van der Waals surface area contributed by atoms with E-state index in [9.17, 15) is 9.59 Å². The lowest BCUT2D eigenvalue weighted by Crippen LogP contribution is -2.47. The number of aldehydes is 1. The fourth-order valence-electron chi connectivity index (χ4n) is 2.14. The largest absolute Gasteiger partial charge is 0.348 e. The standard InChI is InChI=1S/C11H16N4O2/c12-10(4-8-5-13-7-14-8)11(17)15-3-1-2-9(15)6-16/h5-7,9-10H,1-4,12H2,(H,13,14)/t9-,10-/m0/s1. The molecular formula is C11H16N4O2. The number of carbonyl (C=O) groups is 2. The van der Waals surface area contributed by atoms with Crippen LogP contribution in [0.3, 0.4) is 0 Å². The predicted molar refractivity (Wildman–Crippen MR) is 61.1 cm³/mol. The van der Waals surface area contributed by atoms with Gasteiger partial charge in [0.15, 0.2) is 0 Å². The van der Waals surface area contributed by atoms with Crippen molar-refractivity contribution in [1.29, 1.82) is 0 Å². The van der Waals surface area contributed by atoms with E-state index in [1.54, 1.807) is 17.4 Å². The van der Waals surface area contributed by atoms with Crippen molar-refractivity contribution in [1.82, 2.24) is 14.9 Å². The molecule has 1 aliphatic rings. The summed E-state index contributed by atoms with van der Waals surface area (Å²) in [6.45, 7) is 0.624. The smallest absolute Gasteiger partial charge is 0.240 e. The van der Waals surface area contributed by atoms with Crippen molar-refractivity contribution in [3.05, 3.63) is 18.2 Å². The average molecular weight is 236 g/mol. The maximum Gasteiger partial charge on any atom is 0.240 e. The molecule has 0 unspecified atom stereocenters.